The molecule has 1 saturated heterocycles. The Labute approximate surface area is 141 Å². The molecule has 2 atom stereocenters. The number of β-amino-alcohol motifs (C(OH)–C–C–N with tert-alkyl or cyclic N) is 1. The normalized spacial score (nSPS) is 18.5. The van der Waals surface area contributed by atoms with Crippen molar-refractivity contribution in [2.45, 2.75) is 32.4 Å². The molecule has 6 nitrogen and oxygen atoms in total. The first-order valence-corrected chi connectivity index (χ1v) is 8.82. The van der Waals surface area contributed by atoms with Gasteiger partial charge in [-0.05, 0) is 18.4 Å². The average molecular weight is 339 g/mol. The van der Waals surface area contributed by atoms with E-state index in [1.54, 1.807) is 18.3 Å². The first-order valence-electron chi connectivity index (χ1n) is 7.94. The zero-order valence-electron chi connectivity index (χ0n) is 13.7. The van der Waals surface area contributed by atoms with Crippen LogP contribution in [0.1, 0.15) is 31.2 Å². The number of nitrogens with one attached hydrogen (secondary N) is 1. The van der Waals surface area contributed by atoms with E-state index in [2.05, 4.69) is 10.2 Å². The molecule has 0 aromatic carbocycles. The number of nitrogens with zero attached hydrogens (tertiary/aromatic N) is 2. The van der Waals surface area contributed by atoms with E-state index in [0.717, 1.165) is 18.0 Å². The molecule has 2 N–H and O–H groups in total. The molecule has 1 aromatic heterocycles. The SMILES string of the molecule is CC(=O)N[C@H](CC(=O)N1CCN(C[C@@H](C)O)CC1)c1cccs1. The summed E-state index contributed by atoms with van der Waals surface area (Å²) < 4.78 is 0. The fraction of sp³-hybridized carbons (Fsp3) is 0.625. The maximum absolute atomic E-state index is 12.5. The quantitative estimate of drug-likeness (QED) is 0.806. The minimum Gasteiger partial charge on any atom is -0.392 e. The van der Waals surface area contributed by atoms with Gasteiger partial charge < -0.3 is 15.3 Å². The van der Waals surface area contributed by atoms with Crippen molar-refractivity contribution in [3.8, 4) is 0 Å². The van der Waals surface area contributed by atoms with Crippen LogP contribution in [0.2, 0.25) is 0 Å². The molecule has 0 saturated carbocycles. The molecule has 0 aliphatic carbocycles. The Morgan fingerprint density at radius 3 is 2.57 bits per heavy atom. The van der Waals surface area contributed by atoms with Crippen molar-refractivity contribution in [1.29, 1.82) is 0 Å². The van der Waals surface area contributed by atoms with Crippen LogP contribution in [0.5, 0.6) is 0 Å². The van der Waals surface area contributed by atoms with E-state index in [1.165, 1.54) is 6.92 Å². The molecule has 128 valence electrons. The third-order valence-electron chi connectivity index (χ3n) is 3.89. The highest BCUT2D eigenvalue weighted by Gasteiger charge is 2.25. The number of carbonyl (C=O) groups excluding carboxylic acids is 2. The van der Waals surface area contributed by atoms with Crippen LogP contribution >= 0.6 is 11.3 Å². The Bertz CT molecular complexity index is 511. The van der Waals surface area contributed by atoms with E-state index in [4.69, 9.17) is 0 Å². The third-order valence-corrected chi connectivity index (χ3v) is 4.88. The van der Waals surface area contributed by atoms with Crippen LogP contribution in [0.4, 0.5) is 0 Å². The second-order valence-electron chi connectivity index (χ2n) is 6.00. The number of aliphatic hydroxyl groups is 1. The standard InChI is InChI=1S/C16H25N3O3S/c1-12(20)11-18-5-7-19(8-6-18)16(22)10-14(17-13(2)21)15-4-3-9-23-15/h3-4,9,12,14,20H,5-8,10-11H2,1-2H3,(H,17,21)/t12-,14-/m1/s1. The van der Waals surface area contributed by atoms with Crippen molar-refractivity contribution in [3.05, 3.63) is 22.4 Å². The summed E-state index contributed by atoms with van der Waals surface area (Å²) in [7, 11) is 0. The van der Waals surface area contributed by atoms with Crippen molar-refractivity contribution < 1.29 is 14.7 Å². The summed E-state index contributed by atoms with van der Waals surface area (Å²) in [4.78, 5) is 28.9. The summed E-state index contributed by atoms with van der Waals surface area (Å²) in [5.41, 5.74) is 0. The highest BCUT2D eigenvalue weighted by Crippen LogP contribution is 2.23. The molecule has 1 aliphatic heterocycles. The molecule has 0 unspecified atom stereocenters. The molecular weight excluding hydrogens is 314 g/mol. The number of thiophene rings is 1. The molecule has 2 rings (SSSR count). The van der Waals surface area contributed by atoms with Crippen molar-refractivity contribution in [1.82, 2.24) is 15.1 Å². The second kappa shape index (κ2) is 8.42. The topological polar surface area (TPSA) is 72.9 Å². The lowest BCUT2D eigenvalue weighted by molar-refractivity contribution is -0.133. The Balaban J connectivity index is 1.88. The molecule has 0 spiro atoms. The van der Waals surface area contributed by atoms with Crippen molar-refractivity contribution in [3.63, 3.8) is 0 Å². The predicted octanol–water partition coefficient (Wildman–Crippen LogP) is 0.840. The number of hydrogen-bond acceptors (Lipinski definition) is 5. The highest BCUT2D eigenvalue weighted by molar-refractivity contribution is 7.10. The number of amides is 2. The smallest absolute Gasteiger partial charge is 0.225 e. The molecule has 2 heterocycles. The van der Waals surface area contributed by atoms with Crippen LogP contribution in [0, 0.1) is 0 Å². The lowest BCUT2D eigenvalue weighted by atomic mass is 10.1. The van der Waals surface area contributed by atoms with E-state index >= 15 is 0 Å². The molecule has 0 bridgehead atoms. The van der Waals surface area contributed by atoms with Gasteiger partial charge in [-0.3, -0.25) is 14.5 Å². The van der Waals surface area contributed by atoms with Gasteiger partial charge in [-0.25, -0.2) is 0 Å². The van der Waals surface area contributed by atoms with Crippen molar-refractivity contribution in [2.75, 3.05) is 32.7 Å². The summed E-state index contributed by atoms with van der Waals surface area (Å²) in [5.74, 6) is -0.0631. The van der Waals surface area contributed by atoms with E-state index in [1.807, 2.05) is 22.4 Å². The van der Waals surface area contributed by atoms with Gasteiger partial charge in [0.1, 0.15) is 0 Å². The molecule has 1 aliphatic rings. The van der Waals surface area contributed by atoms with Gasteiger partial charge in [-0.2, -0.15) is 0 Å². The summed E-state index contributed by atoms with van der Waals surface area (Å²) in [6, 6.07) is 3.61. The first kappa shape index (κ1) is 17.9. The summed E-state index contributed by atoms with van der Waals surface area (Å²) in [5, 5.41) is 14.2. The fourth-order valence-electron chi connectivity index (χ4n) is 2.81. The van der Waals surface area contributed by atoms with E-state index in [-0.39, 0.29) is 30.4 Å². The minimum absolute atomic E-state index is 0.0637. The van der Waals surface area contributed by atoms with Crippen LogP contribution in [0.3, 0.4) is 0 Å². The van der Waals surface area contributed by atoms with Gasteiger partial charge in [0.15, 0.2) is 0 Å². The van der Waals surface area contributed by atoms with Crippen LogP contribution < -0.4 is 5.32 Å². The zero-order chi connectivity index (χ0) is 16.8. The lowest BCUT2D eigenvalue weighted by Gasteiger charge is -2.35. The van der Waals surface area contributed by atoms with Gasteiger partial charge in [0, 0.05) is 44.5 Å². The minimum atomic E-state index is -0.347. The van der Waals surface area contributed by atoms with Crippen LogP contribution in [-0.2, 0) is 9.59 Å². The molecule has 1 aromatic rings. The summed E-state index contributed by atoms with van der Waals surface area (Å²) >= 11 is 1.55. The van der Waals surface area contributed by atoms with Crippen LogP contribution in [0.15, 0.2) is 17.5 Å². The second-order valence-corrected chi connectivity index (χ2v) is 6.98. The molecule has 2 amide bonds. The van der Waals surface area contributed by atoms with Crippen molar-refractivity contribution in [2.24, 2.45) is 0 Å². The van der Waals surface area contributed by atoms with Gasteiger partial charge in [-0.1, -0.05) is 6.07 Å². The Kier molecular flexibility index (Phi) is 6.56. The van der Waals surface area contributed by atoms with Gasteiger partial charge in [-0.15, -0.1) is 11.3 Å². The molecular formula is C16H25N3O3S. The molecule has 0 radical (unpaired) electrons. The molecule has 1 fully saturated rings. The van der Waals surface area contributed by atoms with Gasteiger partial charge in [0.2, 0.25) is 11.8 Å². The number of aliphatic hydroxyl groups excluding tert-OH is 1. The van der Waals surface area contributed by atoms with Crippen LogP contribution in [0.25, 0.3) is 0 Å². The Morgan fingerprint density at radius 2 is 2.04 bits per heavy atom. The van der Waals surface area contributed by atoms with Gasteiger partial charge in [0.25, 0.3) is 0 Å². The summed E-state index contributed by atoms with van der Waals surface area (Å²) in [6.07, 6.45) is -0.0588. The number of rotatable bonds is 6. The van der Waals surface area contributed by atoms with Crippen molar-refractivity contribution >= 4 is 23.2 Å². The Hall–Kier alpha value is -1.44. The average Bonchev–Trinajstić information content (AvgIpc) is 3.00. The lowest BCUT2D eigenvalue weighted by Crippen LogP contribution is -2.50. The van der Waals surface area contributed by atoms with Gasteiger partial charge >= 0.3 is 0 Å². The van der Waals surface area contributed by atoms with Gasteiger partial charge in [0.05, 0.1) is 18.6 Å². The van der Waals surface area contributed by atoms with E-state index in [9.17, 15) is 14.7 Å². The molecule has 7 heteroatoms. The largest absolute Gasteiger partial charge is 0.392 e. The summed E-state index contributed by atoms with van der Waals surface area (Å²) in [6.45, 7) is 6.79. The maximum Gasteiger partial charge on any atom is 0.225 e. The molecule has 23 heavy (non-hydrogen) atoms. The zero-order valence-corrected chi connectivity index (χ0v) is 14.5. The highest BCUT2D eigenvalue weighted by atomic mass is 32.1. The number of carbonyl (C=O) groups is 2. The van der Waals surface area contributed by atoms with Crippen LogP contribution in [-0.4, -0.2) is 65.5 Å². The number of hydrogen-bond donors (Lipinski definition) is 2. The third kappa shape index (κ3) is 5.60. The Morgan fingerprint density at radius 1 is 1.35 bits per heavy atom. The fourth-order valence-corrected chi connectivity index (χ4v) is 3.59. The van der Waals surface area contributed by atoms with E-state index < -0.39 is 0 Å². The maximum atomic E-state index is 12.5. The predicted molar refractivity (Wildman–Crippen MR) is 90.2 cm³/mol. The monoisotopic (exact) mass is 339 g/mol. The number of piperazine rings is 1. The first-order chi connectivity index (χ1) is 11.0. The van der Waals surface area contributed by atoms with E-state index in [0.29, 0.717) is 19.6 Å².